The highest BCUT2D eigenvalue weighted by atomic mass is 16.3. The van der Waals surface area contributed by atoms with Crippen molar-refractivity contribution in [2.24, 2.45) is 17.6 Å². The normalized spacial score (nSPS) is 30.9. The average Bonchev–Trinajstić information content (AvgIpc) is 2.30. The van der Waals surface area contributed by atoms with Gasteiger partial charge in [0.25, 0.3) is 0 Å². The van der Waals surface area contributed by atoms with Gasteiger partial charge in [0.2, 0.25) is 0 Å². The molecule has 0 radical (unpaired) electrons. The molecule has 1 aliphatic rings. The first-order valence-corrected chi connectivity index (χ1v) is 6.69. The van der Waals surface area contributed by atoms with E-state index in [2.05, 4.69) is 19.2 Å². The van der Waals surface area contributed by atoms with Crippen molar-refractivity contribution < 1.29 is 5.11 Å². The van der Waals surface area contributed by atoms with Gasteiger partial charge in [-0.3, -0.25) is 0 Å². The van der Waals surface area contributed by atoms with Crippen LogP contribution in [0, 0.1) is 11.8 Å². The molecule has 1 saturated carbocycles. The van der Waals surface area contributed by atoms with Crippen molar-refractivity contribution in [2.75, 3.05) is 19.7 Å². The molecule has 4 N–H and O–H groups in total. The van der Waals surface area contributed by atoms with Gasteiger partial charge in [-0.1, -0.05) is 13.8 Å². The molecule has 96 valence electrons. The monoisotopic (exact) mass is 228 g/mol. The lowest BCUT2D eigenvalue weighted by Crippen LogP contribution is -2.54. The first kappa shape index (κ1) is 13.9. The largest absolute Gasteiger partial charge is 0.396 e. The van der Waals surface area contributed by atoms with Crippen LogP contribution in [0.25, 0.3) is 0 Å². The number of hydrogen-bond donors (Lipinski definition) is 3. The molecule has 0 amide bonds. The van der Waals surface area contributed by atoms with E-state index < -0.39 is 0 Å². The fraction of sp³-hybridized carbons (Fsp3) is 1.00. The Morgan fingerprint density at radius 3 is 2.44 bits per heavy atom. The van der Waals surface area contributed by atoms with Crippen LogP contribution in [0.1, 0.15) is 46.0 Å². The molecule has 0 heterocycles. The topological polar surface area (TPSA) is 58.3 Å². The zero-order valence-electron chi connectivity index (χ0n) is 10.8. The van der Waals surface area contributed by atoms with E-state index in [1.165, 1.54) is 25.7 Å². The highest BCUT2D eigenvalue weighted by Crippen LogP contribution is 2.35. The standard InChI is InChI=1S/C13H28N2O/c1-11(2)12-4-6-13(10-14,7-5-12)15-8-3-9-16/h11-12,15-16H,3-10,14H2,1-2H3. The predicted octanol–water partition coefficient (Wildman–Crippen LogP) is 1.50. The lowest BCUT2D eigenvalue weighted by molar-refractivity contribution is 0.162. The Kier molecular flexibility index (Phi) is 5.73. The van der Waals surface area contributed by atoms with E-state index in [4.69, 9.17) is 10.8 Å². The van der Waals surface area contributed by atoms with Crippen LogP contribution in [0.2, 0.25) is 0 Å². The van der Waals surface area contributed by atoms with Crippen LogP contribution >= 0.6 is 0 Å². The van der Waals surface area contributed by atoms with E-state index >= 15 is 0 Å². The van der Waals surface area contributed by atoms with Gasteiger partial charge in [-0.15, -0.1) is 0 Å². The van der Waals surface area contributed by atoms with Gasteiger partial charge >= 0.3 is 0 Å². The highest BCUT2D eigenvalue weighted by Gasteiger charge is 2.34. The summed E-state index contributed by atoms with van der Waals surface area (Å²) in [6.45, 7) is 6.52. The van der Waals surface area contributed by atoms with Crippen molar-refractivity contribution in [3.05, 3.63) is 0 Å². The summed E-state index contributed by atoms with van der Waals surface area (Å²) < 4.78 is 0. The molecule has 3 nitrogen and oxygen atoms in total. The molecule has 0 aromatic heterocycles. The zero-order chi connectivity index (χ0) is 12.0. The zero-order valence-corrected chi connectivity index (χ0v) is 10.8. The Bertz CT molecular complexity index is 186. The predicted molar refractivity (Wildman–Crippen MR) is 68.3 cm³/mol. The molecule has 0 bridgehead atoms. The lowest BCUT2D eigenvalue weighted by atomic mass is 9.73. The summed E-state index contributed by atoms with van der Waals surface area (Å²) in [4.78, 5) is 0. The van der Waals surface area contributed by atoms with E-state index in [0.717, 1.165) is 31.3 Å². The number of aliphatic hydroxyl groups excluding tert-OH is 1. The molecule has 0 aliphatic heterocycles. The van der Waals surface area contributed by atoms with E-state index in [-0.39, 0.29) is 12.1 Å². The van der Waals surface area contributed by atoms with Crippen molar-refractivity contribution in [3.63, 3.8) is 0 Å². The first-order valence-electron chi connectivity index (χ1n) is 6.69. The Hall–Kier alpha value is -0.120. The Balaban J connectivity index is 2.38. The third-order valence-electron chi connectivity index (χ3n) is 4.16. The third-order valence-corrected chi connectivity index (χ3v) is 4.16. The van der Waals surface area contributed by atoms with Gasteiger partial charge in [0.15, 0.2) is 0 Å². The van der Waals surface area contributed by atoms with Crippen molar-refractivity contribution in [1.29, 1.82) is 0 Å². The summed E-state index contributed by atoms with van der Waals surface area (Å²) in [5, 5.41) is 12.4. The molecule has 1 fully saturated rings. The molecular weight excluding hydrogens is 200 g/mol. The minimum absolute atomic E-state index is 0.153. The van der Waals surface area contributed by atoms with Crippen LogP contribution in [0.15, 0.2) is 0 Å². The number of rotatable bonds is 6. The molecule has 0 spiro atoms. The maximum Gasteiger partial charge on any atom is 0.0443 e. The third kappa shape index (κ3) is 3.72. The van der Waals surface area contributed by atoms with Gasteiger partial charge in [0.1, 0.15) is 0 Å². The van der Waals surface area contributed by atoms with Crippen molar-refractivity contribution in [2.45, 2.75) is 51.5 Å². The second-order valence-corrected chi connectivity index (χ2v) is 5.57. The van der Waals surface area contributed by atoms with Crippen LogP contribution in [0.4, 0.5) is 0 Å². The molecule has 16 heavy (non-hydrogen) atoms. The quantitative estimate of drug-likeness (QED) is 0.604. The van der Waals surface area contributed by atoms with Gasteiger partial charge in [-0.05, 0) is 50.5 Å². The van der Waals surface area contributed by atoms with E-state index in [0.29, 0.717) is 0 Å². The molecule has 3 heteroatoms. The van der Waals surface area contributed by atoms with E-state index in [9.17, 15) is 0 Å². The summed E-state index contributed by atoms with van der Waals surface area (Å²) in [5.74, 6) is 1.67. The Morgan fingerprint density at radius 2 is 2.00 bits per heavy atom. The van der Waals surface area contributed by atoms with Crippen molar-refractivity contribution in [3.8, 4) is 0 Å². The minimum atomic E-state index is 0.153. The summed E-state index contributed by atoms with van der Waals surface area (Å²) in [7, 11) is 0. The maximum atomic E-state index is 8.80. The second kappa shape index (κ2) is 6.58. The van der Waals surface area contributed by atoms with E-state index in [1.807, 2.05) is 0 Å². The number of hydrogen-bond acceptors (Lipinski definition) is 3. The van der Waals surface area contributed by atoms with Crippen molar-refractivity contribution >= 4 is 0 Å². The SMILES string of the molecule is CC(C)C1CCC(CN)(NCCCO)CC1. The number of aliphatic hydroxyl groups is 1. The minimum Gasteiger partial charge on any atom is -0.396 e. The van der Waals surface area contributed by atoms with Crippen LogP contribution in [-0.2, 0) is 0 Å². The van der Waals surface area contributed by atoms with Crippen LogP contribution in [0.3, 0.4) is 0 Å². The smallest absolute Gasteiger partial charge is 0.0443 e. The lowest BCUT2D eigenvalue weighted by Gasteiger charge is -2.41. The summed E-state index contributed by atoms with van der Waals surface area (Å²) >= 11 is 0. The van der Waals surface area contributed by atoms with Gasteiger partial charge in [0.05, 0.1) is 0 Å². The van der Waals surface area contributed by atoms with Gasteiger partial charge in [0, 0.05) is 18.7 Å². The first-order chi connectivity index (χ1) is 7.63. The highest BCUT2D eigenvalue weighted by molar-refractivity contribution is 4.94. The van der Waals surface area contributed by atoms with Gasteiger partial charge in [-0.2, -0.15) is 0 Å². The summed E-state index contributed by atoms with van der Waals surface area (Å²) in [6, 6.07) is 0. The Labute approximate surface area is 99.8 Å². The molecule has 1 aliphatic carbocycles. The fourth-order valence-corrected chi connectivity index (χ4v) is 2.75. The van der Waals surface area contributed by atoms with Gasteiger partial charge < -0.3 is 16.2 Å². The molecule has 0 aromatic rings. The fourth-order valence-electron chi connectivity index (χ4n) is 2.75. The summed E-state index contributed by atoms with van der Waals surface area (Å²) in [6.07, 6.45) is 5.80. The molecule has 0 unspecified atom stereocenters. The molecule has 1 rings (SSSR count). The van der Waals surface area contributed by atoms with Crippen molar-refractivity contribution in [1.82, 2.24) is 5.32 Å². The Morgan fingerprint density at radius 1 is 1.38 bits per heavy atom. The van der Waals surface area contributed by atoms with E-state index in [1.54, 1.807) is 0 Å². The van der Waals surface area contributed by atoms with Crippen LogP contribution in [-0.4, -0.2) is 30.3 Å². The molecule has 0 saturated heterocycles. The second-order valence-electron chi connectivity index (χ2n) is 5.57. The molecule has 0 aromatic carbocycles. The molecule has 0 atom stereocenters. The number of nitrogens with two attached hydrogens (primary N) is 1. The maximum absolute atomic E-state index is 8.80. The average molecular weight is 228 g/mol. The summed E-state index contributed by atoms with van der Waals surface area (Å²) in [5.41, 5.74) is 6.07. The molecular formula is C13H28N2O. The van der Waals surface area contributed by atoms with Crippen LogP contribution in [0.5, 0.6) is 0 Å². The van der Waals surface area contributed by atoms with Crippen LogP contribution < -0.4 is 11.1 Å². The number of nitrogens with one attached hydrogen (secondary N) is 1. The van der Waals surface area contributed by atoms with Gasteiger partial charge in [-0.25, -0.2) is 0 Å².